The standard InChI is InChI=1S/C13H16N2O2/c1-8-10(5-6-14)13(16)15-12-4-3-9(17-2)7-11(8)12/h3-4,7H,5-6,14H2,1-2H3,(H,15,16). The van der Waals surface area contributed by atoms with E-state index in [9.17, 15) is 4.79 Å². The van der Waals surface area contributed by atoms with Gasteiger partial charge in [-0.25, -0.2) is 0 Å². The Bertz CT molecular complexity index is 602. The number of ether oxygens (including phenoxy) is 1. The van der Waals surface area contributed by atoms with Crippen LogP contribution in [0.3, 0.4) is 0 Å². The van der Waals surface area contributed by atoms with Crippen molar-refractivity contribution in [1.29, 1.82) is 0 Å². The molecular weight excluding hydrogens is 216 g/mol. The Labute approximate surface area is 99.4 Å². The van der Waals surface area contributed by atoms with Crippen molar-refractivity contribution in [3.05, 3.63) is 39.7 Å². The smallest absolute Gasteiger partial charge is 0.251 e. The summed E-state index contributed by atoms with van der Waals surface area (Å²) in [6, 6.07) is 5.62. The van der Waals surface area contributed by atoms with Gasteiger partial charge in [0.1, 0.15) is 5.75 Å². The minimum atomic E-state index is -0.0504. The van der Waals surface area contributed by atoms with Gasteiger partial charge in [-0.1, -0.05) is 0 Å². The number of hydrogen-bond donors (Lipinski definition) is 2. The van der Waals surface area contributed by atoms with Gasteiger partial charge in [-0.15, -0.1) is 0 Å². The minimum Gasteiger partial charge on any atom is -0.497 e. The molecule has 2 aromatic rings. The van der Waals surface area contributed by atoms with E-state index in [0.29, 0.717) is 13.0 Å². The number of aryl methyl sites for hydroxylation is 1. The summed E-state index contributed by atoms with van der Waals surface area (Å²) < 4.78 is 5.19. The van der Waals surface area contributed by atoms with Gasteiger partial charge in [0.25, 0.3) is 5.56 Å². The van der Waals surface area contributed by atoms with Gasteiger partial charge < -0.3 is 15.5 Å². The van der Waals surface area contributed by atoms with E-state index in [4.69, 9.17) is 10.5 Å². The van der Waals surface area contributed by atoms with Crippen molar-refractivity contribution in [3.8, 4) is 5.75 Å². The third-order valence-corrected chi connectivity index (χ3v) is 3.00. The molecule has 0 saturated carbocycles. The molecule has 0 spiro atoms. The number of rotatable bonds is 3. The highest BCUT2D eigenvalue weighted by atomic mass is 16.5. The average molecular weight is 232 g/mol. The second kappa shape index (κ2) is 4.59. The maximum Gasteiger partial charge on any atom is 0.251 e. The van der Waals surface area contributed by atoms with E-state index in [-0.39, 0.29) is 5.56 Å². The summed E-state index contributed by atoms with van der Waals surface area (Å²) in [4.78, 5) is 14.7. The van der Waals surface area contributed by atoms with Crippen LogP contribution in [0.2, 0.25) is 0 Å². The van der Waals surface area contributed by atoms with Crippen LogP contribution in [0.15, 0.2) is 23.0 Å². The van der Waals surface area contributed by atoms with Gasteiger partial charge in [-0.2, -0.15) is 0 Å². The number of fused-ring (bicyclic) bond motifs is 1. The Morgan fingerprint density at radius 1 is 1.41 bits per heavy atom. The van der Waals surface area contributed by atoms with Crippen LogP contribution in [0.5, 0.6) is 5.75 Å². The van der Waals surface area contributed by atoms with Crippen LogP contribution < -0.4 is 16.0 Å². The molecule has 0 bridgehead atoms. The first-order valence-electron chi connectivity index (χ1n) is 5.57. The van der Waals surface area contributed by atoms with Crippen molar-refractivity contribution < 1.29 is 4.74 Å². The molecule has 0 radical (unpaired) electrons. The highest BCUT2D eigenvalue weighted by Crippen LogP contribution is 2.22. The van der Waals surface area contributed by atoms with Gasteiger partial charge in [0.15, 0.2) is 0 Å². The van der Waals surface area contributed by atoms with Crippen LogP contribution in [-0.4, -0.2) is 18.6 Å². The van der Waals surface area contributed by atoms with E-state index in [2.05, 4.69) is 4.98 Å². The molecule has 0 fully saturated rings. The van der Waals surface area contributed by atoms with Gasteiger partial charge >= 0.3 is 0 Å². The first-order valence-corrected chi connectivity index (χ1v) is 5.57. The topological polar surface area (TPSA) is 68.1 Å². The van der Waals surface area contributed by atoms with Crippen molar-refractivity contribution in [2.24, 2.45) is 5.73 Å². The van der Waals surface area contributed by atoms with Crippen molar-refractivity contribution in [3.63, 3.8) is 0 Å². The maximum absolute atomic E-state index is 11.9. The molecule has 0 aliphatic rings. The lowest BCUT2D eigenvalue weighted by atomic mass is 10.0. The fourth-order valence-corrected chi connectivity index (χ4v) is 2.05. The molecule has 0 amide bonds. The third kappa shape index (κ3) is 2.03. The van der Waals surface area contributed by atoms with Crippen LogP contribution in [-0.2, 0) is 6.42 Å². The number of hydrogen-bond acceptors (Lipinski definition) is 3. The molecule has 1 heterocycles. The van der Waals surface area contributed by atoms with E-state index in [1.54, 1.807) is 7.11 Å². The molecule has 90 valence electrons. The quantitative estimate of drug-likeness (QED) is 0.839. The Hall–Kier alpha value is -1.81. The fourth-order valence-electron chi connectivity index (χ4n) is 2.05. The van der Waals surface area contributed by atoms with Gasteiger partial charge in [0, 0.05) is 16.5 Å². The average Bonchev–Trinajstić information content (AvgIpc) is 2.34. The van der Waals surface area contributed by atoms with Gasteiger partial charge in [0.05, 0.1) is 7.11 Å². The summed E-state index contributed by atoms with van der Waals surface area (Å²) in [5.41, 5.74) is 8.04. The molecule has 0 aliphatic carbocycles. The largest absolute Gasteiger partial charge is 0.497 e. The molecule has 2 rings (SSSR count). The molecule has 0 aliphatic heterocycles. The number of nitrogens with two attached hydrogens (primary N) is 1. The monoisotopic (exact) mass is 232 g/mol. The number of H-pyrrole nitrogens is 1. The second-order valence-electron chi connectivity index (χ2n) is 4.01. The highest BCUT2D eigenvalue weighted by Gasteiger charge is 2.08. The number of aromatic amines is 1. The van der Waals surface area contributed by atoms with Crippen molar-refractivity contribution in [2.45, 2.75) is 13.3 Å². The summed E-state index contributed by atoms with van der Waals surface area (Å²) in [5.74, 6) is 0.784. The normalized spacial score (nSPS) is 10.8. The number of benzene rings is 1. The number of methoxy groups -OCH3 is 1. The summed E-state index contributed by atoms with van der Waals surface area (Å²) in [6.45, 7) is 2.42. The zero-order chi connectivity index (χ0) is 12.4. The number of nitrogens with one attached hydrogen (secondary N) is 1. The molecule has 0 atom stereocenters. The zero-order valence-corrected chi connectivity index (χ0v) is 10.0. The molecule has 1 aromatic carbocycles. The Morgan fingerprint density at radius 2 is 2.18 bits per heavy atom. The number of pyridine rings is 1. The van der Waals surface area contributed by atoms with Crippen LogP contribution in [0.25, 0.3) is 10.9 Å². The second-order valence-corrected chi connectivity index (χ2v) is 4.01. The maximum atomic E-state index is 11.9. The van der Waals surface area contributed by atoms with Crippen LogP contribution >= 0.6 is 0 Å². The summed E-state index contributed by atoms with van der Waals surface area (Å²) >= 11 is 0. The highest BCUT2D eigenvalue weighted by molar-refractivity contribution is 5.84. The first-order chi connectivity index (χ1) is 8.17. The van der Waals surface area contributed by atoms with Crippen LogP contribution in [0.1, 0.15) is 11.1 Å². The van der Waals surface area contributed by atoms with E-state index < -0.39 is 0 Å². The molecule has 0 saturated heterocycles. The molecule has 0 unspecified atom stereocenters. The molecular formula is C13H16N2O2. The van der Waals surface area contributed by atoms with Gasteiger partial charge in [0.2, 0.25) is 0 Å². The predicted octanol–water partition coefficient (Wildman–Crippen LogP) is 1.35. The van der Waals surface area contributed by atoms with E-state index in [0.717, 1.165) is 27.8 Å². The van der Waals surface area contributed by atoms with Gasteiger partial charge in [-0.05, 0) is 43.7 Å². The lowest BCUT2D eigenvalue weighted by Gasteiger charge is -2.09. The van der Waals surface area contributed by atoms with E-state index in [1.807, 2.05) is 25.1 Å². The summed E-state index contributed by atoms with van der Waals surface area (Å²) in [6.07, 6.45) is 0.592. The molecule has 4 nitrogen and oxygen atoms in total. The van der Waals surface area contributed by atoms with Crippen molar-refractivity contribution in [2.75, 3.05) is 13.7 Å². The first kappa shape index (κ1) is 11.7. The Morgan fingerprint density at radius 3 is 2.82 bits per heavy atom. The van der Waals surface area contributed by atoms with E-state index in [1.165, 1.54) is 0 Å². The summed E-state index contributed by atoms with van der Waals surface area (Å²) in [7, 11) is 1.63. The third-order valence-electron chi connectivity index (χ3n) is 3.00. The Balaban J connectivity index is 2.74. The minimum absolute atomic E-state index is 0.0504. The van der Waals surface area contributed by atoms with Gasteiger partial charge in [-0.3, -0.25) is 4.79 Å². The van der Waals surface area contributed by atoms with Crippen molar-refractivity contribution in [1.82, 2.24) is 4.98 Å². The predicted molar refractivity (Wildman–Crippen MR) is 68.6 cm³/mol. The molecule has 3 N–H and O–H groups in total. The number of aromatic nitrogens is 1. The van der Waals surface area contributed by atoms with Crippen LogP contribution in [0.4, 0.5) is 0 Å². The zero-order valence-electron chi connectivity index (χ0n) is 10.0. The lowest BCUT2D eigenvalue weighted by Crippen LogP contribution is -2.18. The summed E-state index contributed by atoms with van der Waals surface area (Å²) in [5, 5.41) is 1.01. The molecule has 17 heavy (non-hydrogen) atoms. The molecule has 4 heteroatoms. The fraction of sp³-hybridized carbons (Fsp3) is 0.308. The van der Waals surface area contributed by atoms with E-state index >= 15 is 0 Å². The lowest BCUT2D eigenvalue weighted by molar-refractivity contribution is 0.415. The Kier molecular flexibility index (Phi) is 3.15. The van der Waals surface area contributed by atoms with Crippen molar-refractivity contribution >= 4 is 10.9 Å². The molecule has 1 aromatic heterocycles. The van der Waals surface area contributed by atoms with Crippen LogP contribution in [0, 0.1) is 6.92 Å². The SMILES string of the molecule is COc1ccc2[nH]c(=O)c(CCN)c(C)c2c1.